The highest BCUT2D eigenvalue weighted by Gasteiger charge is 2.04. The zero-order valence-corrected chi connectivity index (χ0v) is 8.73. The fourth-order valence-corrected chi connectivity index (χ4v) is 1.25. The molecular weight excluding hydrogens is 192 g/mol. The van der Waals surface area contributed by atoms with Gasteiger partial charge >= 0.3 is 0 Å². The minimum atomic E-state index is 0.0389. The van der Waals surface area contributed by atoms with Crippen LogP contribution in [0.1, 0.15) is 5.56 Å². The van der Waals surface area contributed by atoms with Gasteiger partial charge in [-0.1, -0.05) is 12.1 Å². The normalized spacial score (nSPS) is 9.40. The number of methoxy groups -OCH3 is 1. The van der Waals surface area contributed by atoms with Crippen LogP contribution in [0.2, 0.25) is 0 Å². The smallest absolute Gasteiger partial charge is 0.161 e. The molecule has 3 nitrogen and oxygen atoms in total. The SMILES string of the molecule is C=CCc1ccc(OCC=O)c(OC)c1. The van der Waals surface area contributed by atoms with Crippen LogP contribution in [0, 0.1) is 0 Å². The van der Waals surface area contributed by atoms with E-state index in [0.717, 1.165) is 12.0 Å². The Hall–Kier alpha value is -1.77. The van der Waals surface area contributed by atoms with Gasteiger partial charge in [-0.05, 0) is 24.1 Å². The van der Waals surface area contributed by atoms with Gasteiger partial charge in [0.05, 0.1) is 7.11 Å². The minimum absolute atomic E-state index is 0.0389. The summed E-state index contributed by atoms with van der Waals surface area (Å²) in [6.45, 7) is 3.70. The number of carbonyl (C=O) groups excluding carboxylic acids is 1. The Bertz CT molecular complexity index is 345. The number of carbonyl (C=O) groups is 1. The predicted molar refractivity (Wildman–Crippen MR) is 58.5 cm³/mol. The lowest BCUT2D eigenvalue weighted by atomic mass is 10.1. The van der Waals surface area contributed by atoms with Crippen LogP contribution in [0.4, 0.5) is 0 Å². The second-order valence-electron chi connectivity index (χ2n) is 2.96. The Morgan fingerprint density at radius 3 is 2.80 bits per heavy atom. The fraction of sp³-hybridized carbons (Fsp3) is 0.250. The molecular formula is C12H14O3. The van der Waals surface area contributed by atoms with E-state index >= 15 is 0 Å². The first kappa shape index (κ1) is 11.3. The van der Waals surface area contributed by atoms with Crippen LogP contribution < -0.4 is 9.47 Å². The van der Waals surface area contributed by atoms with E-state index in [-0.39, 0.29) is 6.61 Å². The summed E-state index contributed by atoms with van der Waals surface area (Å²) in [7, 11) is 1.57. The van der Waals surface area contributed by atoms with Crippen molar-refractivity contribution >= 4 is 6.29 Å². The molecule has 0 heterocycles. The molecule has 0 fully saturated rings. The number of allylic oxidation sites excluding steroid dienone is 1. The van der Waals surface area contributed by atoms with Crippen molar-refractivity contribution < 1.29 is 14.3 Å². The fourth-order valence-electron chi connectivity index (χ4n) is 1.25. The summed E-state index contributed by atoms with van der Waals surface area (Å²) in [5, 5.41) is 0. The highest BCUT2D eigenvalue weighted by atomic mass is 16.5. The molecule has 0 saturated heterocycles. The van der Waals surface area contributed by atoms with E-state index in [9.17, 15) is 4.79 Å². The summed E-state index contributed by atoms with van der Waals surface area (Å²) < 4.78 is 10.3. The van der Waals surface area contributed by atoms with E-state index < -0.39 is 0 Å². The zero-order chi connectivity index (χ0) is 11.1. The van der Waals surface area contributed by atoms with E-state index in [0.29, 0.717) is 17.8 Å². The monoisotopic (exact) mass is 206 g/mol. The molecule has 0 bridgehead atoms. The van der Waals surface area contributed by atoms with Crippen LogP contribution in [0.3, 0.4) is 0 Å². The van der Waals surface area contributed by atoms with Crippen molar-refractivity contribution in [3.63, 3.8) is 0 Å². The predicted octanol–water partition coefficient (Wildman–Crippen LogP) is 2.00. The molecule has 0 saturated carbocycles. The van der Waals surface area contributed by atoms with Crippen molar-refractivity contribution in [2.45, 2.75) is 6.42 Å². The Labute approximate surface area is 89.3 Å². The molecule has 0 atom stereocenters. The quantitative estimate of drug-likeness (QED) is 0.527. The van der Waals surface area contributed by atoms with Crippen molar-refractivity contribution in [3.05, 3.63) is 36.4 Å². The lowest BCUT2D eigenvalue weighted by Crippen LogP contribution is -2.00. The first-order chi connectivity index (χ1) is 7.31. The Morgan fingerprint density at radius 1 is 1.40 bits per heavy atom. The van der Waals surface area contributed by atoms with Crippen molar-refractivity contribution in [3.8, 4) is 11.5 Å². The summed E-state index contributed by atoms with van der Waals surface area (Å²) in [6.07, 6.45) is 3.31. The molecule has 1 aromatic rings. The van der Waals surface area contributed by atoms with Gasteiger partial charge < -0.3 is 9.47 Å². The second-order valence-corrected chi connectivity index (χ2v) is 2.96. The average molecular weight is 206 g/mol. The largest absolute Gasteiger partial charge is 0.493 e. The van der Waals surface area contributed by atoms with Crippen molar-refractivity contribution in [1.82, 2.24) is 0 Å². The van der Waals surface area contributed by atoms with Crippen LogP contribution in [0.5, 0.6) is 11.5 Å². The minimum Gasteiger partial charge on any atom is -0.493 e. The molecule has 0 aliphatic heterocycles. The van der Waals surface area contributed by atoms with Crippen LogP contribution in [0.15, 0.2) is 30.9 Å². The number of hydrogen-bond acceptors (Lipinski definition) is 3. The first-order valence-corrected chi connectivity index (χ1v) is 4.66. The Kier molecular flexibility index (Phi) is 4.41. The van der Waals surface area contributed by atoms with E-state index in [1.54, 1.807) is 13.2 Å². The average Bonchev–Trinajstić information content (AvgIpc) is 2.27. The molecule has 0 aliphatic rings. The number of aldehydes is 1. The van der Waals surface area contributed by atoms with Crippen LogP contribution >= 0.6 is 0 Å². The summed E-state index contributed by atoms with van der Waals surface area (Å²) in [6, 6.07) is 5.59. The van der Waals surface area contributed by atoms with Gasteiger partial charge in [0.2, 0.25) is 0 Å². The van der Waals surface area contributed by atoms with Gasteiger partial charge in [0, 0.05) is 0 Å². The second kappa shape index (κ2) is 5.86. The van der Waals surface area contributed by atoms with Crippen LogP contribution in [0.25, 0.3) is 0 Å². The molecule has 3 heteroatoms. The molecule has 15 heavy (non-hydrogen) atoms. The van der Waals surface area contributed by atoms with E-state index in [4.69, 9.17) is 9.47 Å². The standard InChI is InChI=1S/C12H14O3/c1-3-4-10-5-6-11(15-8-7-13)12(9-10)14-2/h3,5-7,9H,1,4,8H2,2H3. The maximum atomic E-state index is 10.2. The van der Waals surface area contributed by atoms with Gasteiger partial charge in [-0.15, -0.1) is 6.58 Å². The van der Waals surface area contributed by atoms with Crippen LogP contribution in [-0.2, 0) is 11.2 Å². The Balaban J connectivity index is 2.87. The molecule has 0 aliphatic carbocycles. The third kappa shape index (κ3) is 3.13. The van der Waals surface area contributed by atoms with E-state index in [1.807, 2.05) is 18.2 Å². The molecule has 0 unspecified atom stereocenters. The summed E-state index contributed by atoms with van der Waals surface area (Å²) >= 11 is 0. The van der Waals surface area contributed by atoms with Gasteiger partial charge in [0.25, 0.3) is 0 Å². The highest BCUT2D eigenvalue weighted by Crippen LogP contribution is 2.28. The highest BCUT2D eigenvalue weighted by molar-refractivity contribution is 5.52. The molecule has 0 aromatic heterocycles. The number of rotatable bonds is 6. The number of benzene rings is 1. The van der Waals surface area contributed by atoms with E-state index in [2.05, 4.69) is 6.58 Å². The molecule has 1 aromatic carbocycles. The van der Waals surface area contributed by atoms with Gasteiger partial charge in [-0.3, -0.25) is 4.79 Å². The van der Waals surface area contributed by atoms with Gasteiger partial charge in [-0.25, -0.2) is 0 Å². The molecule has 0 radical (unpaired) electrons. The lowest BCUT2D eigenvalue weighted by molar-refractivity contribution is -0.109. The summed E-state index contributed by atoms with van der Waals surface area (Å²) in [5.41, 5.74) is 1.10. The maximum Gasteiger partial charge on any atom is 0.161 e. The molecule has 0 amide bonds. The van der Waals surface area contributed by atoms with Gasteiger partial charge in [0.15, 0.2) is 17.8 Å². The molecule has 0 spiro atoms. The van der Waals surface area contributed by atoms with Crippen molar-refractivity contribution in [2.75, 3.05) is 13.7 Å². The molecule has 1 rings (SSSR count). The maximum absolute atomic E-state index is 10.2. The van der Waals surface area contributed by atoms with E-state index in [1.165, 1.54) is 0 Å². The van der Waals surface area contributed by atoms with Crippen molar-refractivity contribution in [1.29, 1.82) is 0 Å². The van der Waals surface area contributed by atoms with Gasteiger partial charge in [-0.2, -0.15) is 0 Å². The van der Waals surface area contributed by atoms with Gasteiger partial charge in [0.1, 0.15) is 6.61 Å². The van der Waals surface area contributed by atoms with Crippen LogP contribution in [-0.4, -0.2) is 20.0 Å². The molecule has 0 N–H and O–H groups in total. The lowest BCUT2D eigenvalue weighted by Gasteiger charge is -2.09. The summed E-state index contributed by atoms with van der Waals surface area (Å²) in [4.78, 5) is 10.2. The molecule has 80 valence electrons. The number of ether oxygens (including phenoxy) is 2. The Morgan fingerprint density at radius 2 is 2.20 bits per heavy atom. The topological polar surface area (TPSA) is 35.5 Å². The summed E-state index contributed by atoms with van der Waals surface area (Å²) in [5.74, 6) is 1.22. The third-order valence-electron chi connectivity index (χ3n) is 1.91. The first-order valence-electron chi connectivity index (χ1n) is 4.66. The number of hydrogen-bond donors (Lipinski definition) is 0. The zero-order valence-electron chi connectivity index (χ0n) is 8.73. The third-order valence-corrected chi connectivity index (χ3v) is 1.91. The van der Waals surface area contributed by atoms with Crippen molar-refractivity contribution in [2.24, 2.45) is 0 Å².